The van der Waals surface area contributed by atoms with Gasteiger partial charge in [0.1, 0.15) is 0 Å². The van der Waals surface area contributed by atoms with Crippen LogP contribution in [0.25, 0.3) is 0 Å². The molecule has 0 saturated carbocycles. The van der Waals surface area contributed by atoms with E-state index >= 15 is 0 Å². The minimum atomic E-state index is -0.860. The SMILES string of the molecule is CN1CCN(CCSc2cccc(C(=O)O)c2)CC1. The molecule has 0 radical (unpaired) electrons. The maximum absolute atomic E-state index is 10.9. The molecule has 1 saturated heterocycles. The summed E-state index contributed by atoms with van der Waals surface area (Å²) in [5.74, 6) is 0.147. The molecule has 1 heterocycles. The second-order valence-corrected chi connectivity index (χ2v) is 5.99. The molecule has 5 heteroatoms. The molecule has 0 atom stereocenters. The minimum Gasteiger partial charge on any atom is -0.478 e. The maximum atomic E-state index is 10.9. The lowest BCUT2D eigenvalue weighted by Gasteiger charge is -2.32. The molecule has 0 spiro atoms. The molecule has 1 N–H and O–H groups in total. The van der Waals surface area contributed by atoms with Crippen molar-refractivity contribution in [2.45, 2.75) is 4.90 Å². The molecule has 0 amide bonds. The Morgan fingerprint density at radius 3 is 2.74 bits per heavy atom. The lowest BCUT2D eigenvalue weighted by molar-refractivity contribution is 0.0696. The number of thioether (sulfide) groups is 1. The lowest BCUT2D eigenvalue weighted by Crippen LogP contribution is -2.45. The number of likely N-dealkylation sites (N-methyl/N-ethyl adjacent to an activating group) is 1. The van der Waals surface area contributed by atoms with Crippen LogP contribution in [0.5, 0.6) is 0 Å². The van der Waals surface area contributed by atoms with Crippen LogP contribution in [0.4, 0.5) is 0 Å². The number of hydrogen-bond acceptors (Lipinski definition) is 4. The van der Waals surface area contributed by atoms with Gasteiger partial charge >= 0.3 is 5.97 Å². The number of nitrogens with zero attached hydrogens (tertiary/aromatic N) is 2. The highest BCUT2D eigenvalue weighted by atomic mass is 32.2. The first-order chi connectivity index (χ1) is 9.15. The van der Waals surface area contributed by atoms with E-state index < -0.39 is 5.97 Å². The van der Waals surface area contributed by atoms with Crippen molar-refractivity contribution in [1.29, 1.82) is 0 Å². The molecule has 19 heavy (non-hydrogen) atoms. The molecule has 1 aliphatic heterocycles. The van der Waals surface area contributed by atoms with Gasteiger partial charge in [0.25, 0.3) is 0 Å². The summed E-state index contributed by atoms with van der Waals surface area (Å²) in [7, 11) is 2.16. The fraction of sp³-hybridized carbons (Fsp3) is 0.500. The van der Waals surface area contributed by atoms with Crippen molar-refractivity contribution in [2.24, 2.45) is 0 Å². The molecule has 0 bridgehead atoms. The summed E-state index contributed by atoms with van der Waals surface area (Å²) in [6, 6.07) is 7.16. The van der Waals surface area contributed by atoms with Gasteiger partial charge in [-0.25, -0.2) is 4.79 Å². The van der Waals surface area contributed by atoms with Crippen molar-refractivity contribution < 1.29 is 9.90 Å². The first-order valence-electron chi connectivity index (χ1n) is 6.52. The summed E-state index contributed by atoms with van der Waals surface area (Å²) >= 11 is 1.73. The lowest BCUT2D eigenvalue weighted by atomic mass is 10.2. The molecular formula is C14H20N2O2S. The largest absolute Gasteiger partial charge is 0.478 e. The molecule has 1 aromatic carbocycles. The van der Waals surface area contributed by atoms with Gasteiger partial charge in [0.05, 0.1) is 5.56 Å². The highest BCUT2D eigenvalue weighted by molar-refractivity contribution is 7.99. The number of piperazine rings is 1. The van der Waals surface area contributed by atoms with E-state index in [-0.39, 0.29) is 0 Å². The van der Waals surface area contributed by atoms with Gasteiger partial charge in [-0.1, -0.05) is 6.07 Å². The van der Waals surface area contributed by atoms with Crippen molar-refractivity contribution >= 4 is 17.7 Å². The number of aromatic carboxylic acids is 1. The summed E-state index contributed by atoms with van der Waals surface area (Å²) < 4.78 is 0. The molecule has 2 rings (SSSR count). The van der Waals surface area contributed by atoms with Gasteiger partial charge in [-0.3, -0.25) is 4.90 Å². The van der Waals surface area contributed by atoms with Crippen molar-refractivity contribution in [3.63, 3.8) is 0 Å². The van der Waals surface area contributed by atoms with Gasteiger partial charge in [-0.2, -0.15) is 0 Å². The number of carbonyl (C=O) groups is 1. The average molecular weight is 280 g/mol. The molecule has 1 aromatic rings. The van der Waals surface area contributed by atoms with E-state index in [1.807, 2.05) is 12.1 Å². The Kier molecular flexibility index (Phi) is 5.24. The zero-order valence-corrected chi connectivity index (χ0v) is 12.0. The van der Waals surface area contributed by atoms with E-state index in [4.69, 9.17) is 5.11 Å². The zero-order chi connectivity index (χ0) is 13.7. The summed E-state index contributed by atoms with van der Waals surface area (Å²) in [5, 5.41) is 8.94. The molecule has 0 aliphatic carbocycles. The fourth-order valence-corrected chi connectivity index (χ4v) is 3.05. The van der Waals surface area contributed by atoms with Gasteiger partial charge in [0.2, 0.25) is 0 Å². The number of carboxylic acids is 1. The van der Waals surface area contributed by atoms with Crippen LogP contribution in [0.1, 0.15) is 10.4 Å². The topological polar surface area (TPSA) is 43.8 Å². The van der Waals surface area contributed by atoms with Gasteiger partial charge in [-0.15, -0.1) is 11.8 Å². The normalized spacial score (nSPS) is 17.5. The Bertz CT molecular complexity index is 431. The second-order valence-electron chi connectivity index (χ2n) is 4.83. The molecule has 0 unspecified atom stereocenters. The standard InChI is InChI=1S/C14H20N2O2S/c1-15-5-7-16(8-6-15)9-10-19-13-4-2-3-12(11-13)14(17)18/h2-4,11H,5-10H2,1H3,(H,17,18). The number of carboxylic acid groups (broad SMARTS) is 1. The third-order valence-corrected chi connectivity index (χ3v) is 4.33. The first kappa shape index (κ1) is 14.4. The number of hydrogen-bond donors (Lipinski definition) is 1. The quantitative estimate of drug-likeness (QED) is 0.832. The van der Waals surface area contributed by atoms with E-state index in [1.54, 1.807) is 23.9 Å². The van der Waals surface area contributed by atoms with Crippen LogP contribution in [0, 0.1) is 0 Å². The van der Waals surface area contributed by atoms with Crippen LogP contribution in [0.15, 0.2) is 29.2 Å². The Balaban J connectivity index is 1.76. The Labute approximate surface area is 118 Å². The van der Waals surface area contributed by atoms with E-state index in [0.29, 0.717) is 5.56 Å². The van der Waals surface area contributed by atoms with Crippen LogP contribution in [-0.4, -0.2) is 66.4 Å². The number of rotatable bonds is 5. The summed E-state index contributed by atoms with van der Waals surface area (Å²) in [4.78, 5) is 16.7. The van der Waals surface area contributed by atoms with Crippen LogP contribution in [0.2, 0.25) is 0 Å². The highest BCUT2D eigenvalue weighted by Gasteiger charge is 2.13. The summed E-state index contributed by atoms with van der Waals surface area (Å²) in [5.41, 5.74) is 0.365. The maximum Gasteiger partial charge on any atom is 0.335 e. The minimum absolute atomic E-state index is 0.365. The zero-order valence-electron chi connectivity index (χ0n) is 11.2. The Morgan fingerprint density at radius 1 is 1.32 bits per heavy atom. The Hall–Kier alpha value is -1.04. The predicted octanol–water partition coefficient (Wildman–Crippen LogP) is 1.72. The van der Waals surface area contributed by atoms with E-state index in [1.165, 1.54) is 0 Å². The van der Waals surface area contributed by atoms with E-state index in [9.17, 15) is 4.79 Å². The Morgan fingerprint density at radius 2 is 2.05 bits per heavy atom. The van der Waals surface area contributed by atoms with Crippen molar-refractivity contribution in [3.8, 4) is 0 Å². The highest BCUT2D eigenvalue weighted by Crippen LogP contribution is 2.19. The summed E-state index contributed by atoms with van der Waals surface area (Å²) in [6.45, 7) is 5.60. The fourth-order valence-electron chi connectivity index (χ4n) is 2.08. The van der Waals surface area contributed by atoms with Crippen molar-refractivity contribution in [1.82, 2.24) is 9.80 Å². The van der Waals surface area contributed by atoms with Gasteiger partial charge in [-0.05, 0) is 25.2 Å². The molecule has 104 valence electrons. The van der Waals surface area contributed by atoms with Gasteiger partial charge in [0, 0.05) is 43.4 Å². The van der Waals surface area contributed by atoms with E-state index in [0.717, 1.165) is 43.4 Å². The molecule has 1 fully saturated rings. The third kappa shape index (κ3) is 4.53. The van der Waals surface area contributed by atoms with Gasteiger partial charge < -0.3 is 10.0 Å². The summed E-state index contributed by atoms with van der Waals surface area (Å²) in [6.07, 6.45) is 0. The van der Waals surface area contributed by atoms with Crippen molar-refractivity contribution in [3.05, 3.63) is 29.8 Å². The smallest absolute Gasteiger partial charge is 0.335 e. The van der Waals surface area contributed by atoms with Gasteiger partial charge in [0.15, 0.2) is 0 Å². The van der Waals surface area contributed by atoms with Crippen LogP contribution in [-0.2, 0) is 0 Å². The molecule has 0 aromatic heterocycles. The van der Waals surface area contributed by atoms with E-state index in [2.05, 4.69) is 16.8 Å². The van der Waals surface area contributed by atoms with Crippen LogP contribution in [0.3, 0.4) is 0 Å². The second kappa shape index (κ2) is 6.93. The molecule has 1 aliphatic rings. The predicted molar refractivity (Wildman–Crippen MR) is 78.1 cm³/mol. The third-order valence-electron chi connectivity index (χ3n) is 3.35. The number of benzene rings is 1. The monoisotopic (exact) mass is 280 g/mol. The molecule has 4 nitrogen and oxygen atoms in total. The van der Waals surface area contributed by atoms with Crippen LogP contribution < -0.4 is 0 Å². The van der Waals surface area contributed by atoms with Crippen LogP contribution >= 0.6 is 11.8 Å². The average Bonchev–Trinajstić information content (AvgIpc) is 2.41. The first-order valence-corrected chi connectivity index (χ1v) is 7.51. The molecular weight excluding hydrogens is 260 g/mol. The van der Waals surface area contributed by atoms with Crippen molar-refractivity contribution in [2.75, 3.05) is 45.5 Å².